The van der Waals surface area contributed by atoms with Crippen molar-refractivity contribution in [2.75, 3.05) is 52.5 Å². The molecule has 4 aliphatic rings. The molecule has 1 aliphatic carbocycles. The lowest BCUT2D eigenvalue weighted by molar-refractivity contribution is 0.0417. The van der Waals surface area contributed by atoms with Crippen molar-refractivity contribution in [3.05, 3.63) is 0 Å². The Kier molecular flexibility index (Phi) is 4.66. The molecule has 6 nitrogen and oxygen atoms in total. The van der Waals surface area contributed by atoms with Crippen molar-refractivity contribution in [2.24, 2.45) is 11.8 Å². The molecule has 0 aromatic heterocycles. The number of rotatable bonds is 4. The van der Waals surface area contributed by atoms with Gasteiger partial charge >= 0.3 is 0 Å². The van der Waals surface area contributed by atoms with E-state index in [4.69, 9.17) is 9.47 Å². The molecule has 0 amide bonds. The quantitative estimate of drug-likeness (QED) is 0.745. The van der Waals surface area contributed by atoms with E-state index >= 15 is 0 Å². The average Bonchev–Trinajstić information content (AvgIpc) is 3.35. The van der Waals surface area contributed by atoms with Gasteiger partial charge in [0.1, 0.15) is 0 Å². The third-order valence-corrected chi connectivity index (χ3v) is 8.10. The van der Waals surface area contributed by atoms with Crippen LogP contribution in [0.25, 0.3) is 0 Å². The maximum absolute atomic E-state index is 12.5. The molecule has 3 saturated heterocycles. The van der Waals surface area contributed by atoms with Crippen LogP contribution in [0, 0.1) is 11.8 Å². The summed E-state index contributed by atoms with van der Waals surface area (Å²) < 4.78 is 38.2. The molecule has 0 N–H and O–H groups in total. The normalized spacial score (nSPS) is 35.1. The van der Waals surface area contributed by atoms with E-state index in [9.17, 15) is 8.42 Å². The van der Waals surface area contributed by atoms with Crippen LogP contribution < -0.4 is 0 Å². The van der Waals surface area contributed by atoms with Crippen LogP contribution in [-0.2, 0) is 19.5 Å². The minimum Gasteiger partial charge on any atom is -0.381 e. The van der Waals surface area contributed by atoms with Crippen LogP contribution in [0.15, 0.2) is 0 Å². The van der Waals surface area contributed by atoms with Crippen LogP contribution in [0.3, 0.4) is 0 Å². The summed E-state index contributed by atoms with van der Waals surface area (Å²) in [6, 6.07) is 0. The molecule has 4 rings (SSSR count). The highest BCUT2D eigenvalue weighted by Gasteiger charge is 2.44. The van der Waals surface area contributed by atoms with E-state index < -0.39 is 10.0 Å². The molecule has 4 fully saturated rings. The second-order valence-electron chi connectivity index (χ2n) is 7.55. The lowest BCUT2D eigenvalue weighted by Crippen LogP contribution is -2.39. The number of ether oxygens (including phenoxy) is 2. The van der Waals surface area contributed by atoms with Gasteiger partial charge in [-0.2, -0.15) is 4.31 Å². The number of hydrogen-bond donors (Lipinski definition) is 0. The highest BCUT2D eigenvalue weighted by molar-refractivity contribution is 7.90. The fraction of sp³-hybridized carbons (Fsp3) is 1.00. The van der Waals surface area contributed by atoms with Crippen molar-refractivity contribution in [1.82, 2.24) is 9.21 Å². The van der Waals surface area contributed by atoms with E-state index in [0.29, 0.717) is 25.6 Å². The first-order valence-electron chi connectivity index (χ1n) is 9.03. The summed E-state index contributed by atoms with van der Waals surface area (Å²) >= 11 is 0. The standard InChI is InChI=1S/C16H28N2O4S/c19-23(20,15-1-2-15)18-5-8-22-16-12-17(10-14(16)11-18)9-13-3-6-21-7-4-13/h13-16H,1-12H2/t14-,16-/m1/s1. The molecule has 23 heavy (non-hydrogen) atoms. The van der Waals surface area contributed by atoms with E-state index in [2.05, 4.69) is 4.90 Å². The van der Waals surface area contributed by atoms with Crippen LogP contribution in [0.4, 0.5) is 0 Å². The van der Waals surface area contributed by atoms with Crippen molar-refractivity contribution < 1.29 is 17.9 Å². The van der Waals surface area contributed by atoms with E-state index in [1.807, 2.05) is 0 Å². The number of nitrogens with zero attached hydrogens (tertiary/aromatic N) is 2. The lowest BCUT2D eigenvalue weighted by Gasteiger charge is -2.27. The third kappa shape index (κ3) is 3.58. The minimum absolute atomic E-state index is 0.112. The maximum atomic E-state index is 12.5. The summed E-state index contributed by atoms with van der Waals surface area (Å²) in [4.78, 5) is 2.48. The summed E-state index contributed by atoms with van der Waals surface area (Å²) in [5.74, 6) is 1.04. The third-order valence-electron chi connectivity index (χ3n) is 5.73. The van der Waals surface area contributed by atoms with Gasteiger partial charge in [-0.25, -0.2) is 8.42 Å². The van der Waals surface area contributed by atoms with Gasteiger partial charge in [-0.3, -0.25) is 0 Å². The summed E-state index contributed by atoms with van der Waals surface area (Å²) in [5, 5.41) is -0.112. The molecule has 0 radical (unpaired) electrons. The van der Waals surface area contributed by atoms with Crippen LogP contribution in [0.2, 0.25) is 0 Å². The van der Waals surface area contributed by atoms with Gasteiger partial charge in [-0.15, -0.1) is 0 Å². The summed E-state index contributed by atoms with van der Waals surface area (Å²) in [6.07, 6.45) is 4.17. The number of sulfonamides is 1. The summed E-state index contributed by atoms with van der Waals surface area (Å²) in [6.45, 7) is 6.52. The van der Waals surface area contributed by atoms with Gasteiger partial charge in [0.2, 0.25) is 10.0 Å². The predicted molar refractivity (Wildman–Crippen MR) is 86.7 cm³/mol. The van der Waals surface area contributed by atoms with E-state index in [1.165, 1.54) is 0 Å². The fourth-order valence-electron chi connectivity index (χ4n) is 4.20. The number of fused-ring (bicyclic) bond motifs is 1. The van der Waals surface area contributed by atoms with Crippen LogP contribution in [0.5, 0.6) is 0 Å². The Balaban J connectivity index is 1.36. The lowest BCUT2D eigenvalue weighted by atomic mass is 10.00. The number of likely N-dealkylation sites (tertiary alicyclic amines) is 1. The molecule has 3 heterocycles. The Morgan fingerprint density at radius 2 is 1.74 bits per heavy atom. The highest BCUT2D eigenvalue weighted by Crippen LogP contribution is 2.33. The molecule has 0 aromatic rings. The Hall–Kier alpha value is -0.210. The molecule has 0 unspecified atom stereocenters. The van der Waals surface area contributed by atoms with Gasteiger partial charge in [0.05, 0.1) is 18.0 Å². The second kappa shape index (κ2) is 6.59. The zero-order valence-electron chi connectivity index (χ0n) is 13.7. The molecule has 1 saturated carbocycles. The fourth-order valence-corrected chi connectivity index (χ4v) is 6.08. The molecule has 0 aromatic carbocycles. The first-order valence-corrected chi connectivity index (χ1v) is 10.5. The Morgan fingerprint density at radius 1 is 0.957 bits per heavy atom. The van der Waals surface area contributed by atoms with Crippen molar-refractivity contribution in [3.63, 3.8) is 0 Å². The van der Waals surface area contributed by atoms with E-state index in [1.54, 1.807) is 4.31 Å². The van der Waals surface area contributed by atoms with E-state index in [-0.39, 0.29) is 11.4 Å². The van der Waals surface area contributed by atoms with Gasteiger partial charge < -0.3 is 14.4 Å². The second-order valence-corrected chi connectivity index (χ2v) is 9.76. The van der Waals surface area contributed by atoms with Crippen molar-refractivity contribution in [3.8, 4) is 0 Å². The van der Waals surface area contributed by atoms with Crippen molar-refractivity contribution >= 4 is 10.0 Å². The number of hydrogen-bond acceptors (Lipinski definition) is 5. The average molecular weight is 344 g/mol. The highest BCUT2D eigenvalue weighted by atomic mass is 32.2. The monoisotopic (exact) mass is 344 g/mol. The van der Waals surface area contributed by atoms with Crippen LogP contribution in [0.1, 0.15) is 25.7 Å². The Morgan fingerprint density at radius 3 is 2.48 bits per heavy atom. The molecule has 2 atom stereocenters. The summed E-state index contributed by atoms with van der Waals surface area (Å²) in [7, 11) is -3.08. The van der Waals surface area contributed by atoms with Gasteiger partial charge in [0.15, 0.2) is 0 Å². The Bertz CT molecular complexity index is 516. The Labute approximate surface area is 139 Å². The van der Waals surface area contributed by atoms with Gasteiger partial charge in [0, 0.05) is 51.9 Å². The molecule has 7 heteroatoms. The molecule has 0 spiro atoms. The van der Waals surface area contributed by atoms with Crippen molar-refractivity contribution in [1.29, 1.82) is 0 Å². The zero-order chi connectivity index (χ0) is 15.9. The summed E-state index contributed by atoms with van der Waals surface area (Å²) in [5.41, 5.74) is 0. The van der Waals surface area contributed by atoms with Gasteiger partial charge in [0.25, 0.3) is 0 Å². The molecular formula is C16H28N2O4S. The molecule has 3 aliphatic heterocycles. The topological polar surface area (TPSA) is 59.1 Å². The smallest absolute Gasteiger partial charge is 0.217 e. The van der Waals surface area contributed by atoms with Crippen molar-refractivity contribution in [2.45, 2.75) is 37.0 Å². The molecular weight excluding hydrogens is 316 g/mol. The largest absolute Gasteiger partial charge is 0.381 e. The predicted octanol–water partition coefficient (Wildman–Crippen LogP) is 0.538. The van der Waals surface area contributed by atoms with Gasteiger partial charge in [-0.05, 0) is 31.6 Å². The minimum atomic E-state index is -3.08. The first kappa shape index (κ1) is 16.3. The van der Waals surface area contributed by atoms with Crippen LogP contribution >= 0.6 is 0 Å². The van der Waals surface area contributed by atoms with E-state index in [0.717, 1.165) is 64.4 Å². The van der Waals surface area contributed by atoms with Gasteiger partial charge in [-0.1, -0.05) is 0 Å². The first-order chi connectivity index (χ1) is 11.1. The zero-order valence-corrected chi connectivity index (χ0v) is 14.5. The van der Waals surface area contributed by atoms with Crippen LogP contribution in [-0.4, -0.2) is 81.5 Å². The molecule has 0 bridgehead atoms. The molecule has 132 valence electrons. The SMILES string of the molecule is O=S(=O)(C1CC1)N1CCO[C@@H]2CN(CC3CCOCC3)C[C@@H]2C1. The maximum Gasteiger partial charge on any atom is 0.217 e.